The van der Waals surface area contributed by atoms with Gasteiger partial charge in [0.2, 0.25) is 0 Å². The third-order valence-electron chi connectivity index (χ3n) is 6.15. The molecule has 0 aromatic carbocycles. The van der Waals surface area contributed by atoms with E-state index in [4.69, 9.17) is 15.1 Å². The van der Waals surface area contributed by atoms with Crippen LogP contribution in [0.3, 0.4) is 0 Å². The normalized spacial score (nSPS) is 23.2. The highest BCUT2D eigenvalue weighted by Crippen LogP contribution is 2.44. The number of nitrogens with one attached hydrogen (secondary N) is 1. The Labute approximate surface area is 169 Å². The molecular weight excluding hydrogens is 394 g/mol. The molecule has 2 aliphatic carbocycles. The van der Waals surface area contributed by atoms with E-state index in [-0.39, 0.29) is 5.92 Å². The van der Waals surface area contributed by atoms with E-state index in [1.807, 2.05) is 11.3 Å². The lowest BCUT2D eigenvalue weighted by molar-refractivity contribution is 0.409. The molecule has 1 saturated carbocycles. The first-order valence-corrected chi connectivity index (χ1v) is 12.7. The minimum absolute atomic E-state index is 0.246. The average Bonchev–Trinajstić information content (AvgIpc) is 3.46. The summed E-state index contributed by atoms with van der Waals surface area (Å²) in [6, 6.07) is 0. The van der Waals surface area contributed by atoms with Crippen LogP contribution in [0.2, 0.25) is 0 Å². The Morgan fingerprint density at radius 3 is 2.75 bits per heavy atom. The average molecular weight is 422 g/mol. The van der Waals surface area contributed by atoms with Crippen LogP contribution in [-0.4, -0.2) is 38.0 Å². The standard InChI is InChI=1S/C19H27N5O2S2/c20-28(25,26)21-10-12-4-3-9-24(11-12)18-16-14-5-1-2-6-15(14)27-19(16)23-17(22-18)13-7-8-13/h12-13,21H,1-11H2,(H2,20,25,26). The smallest absolute Gasteiger partial charge is 0.274 e. The largest absolute Gasteiger partial charge is 0.356 e. The molecule has 5 rings (SSSR count). The summed E-state index contributed by atoms with van der Waals surface area (Å²) in [6.07, 6.45) is 9.22. The van der Waals surface area contributed by atoms with Crippen molar-refractivity contribution in [2.45, 2.75) is 57.3 Å². The maximum Gasteiger partial charge on any atom is 0.274 e. The van der Waals surface area contributed by atoms with Crippen molar-refractivity contribution in [3.63, 3.8) is 0 Å². The van der Waals surface area contributed by atoms with E-state index < -0.39 is 10.2 Å². The third kappa shape index (κ3) is 3.77. The first kappa shape index (κ1) is 18.7. The SMILES string of the molecule is NS(=O)(=O)NCC1CCCN(c2nc(C3CC3)nc3sc4c(c23)CCCC4)C1. The topological polar surface area (TPSA) is 101 Å². The Hall–Kier alpha value is -1.29. The van der Waals surface area contributed by atoms with E-state index in [0.717, 1.165) is 55.2 Å². The molecule has 3 heterocycles. The van der Waals surface area contributed by atoms with Gasteiger partial charge < -0.3 is 4.90 Å². The van der Waals surface area contributed by atoms with Gasteiger partial charge in [0.1, 0.15) is 16.5 Å². The lowest BCUT2D eigenvalue weighted by Crippen LogP contribution is -2.43. The van der Waals surface area contributed by atoms with E-state index >= 15 is 0 Å². The van der Waals surface area contributed by atoms with Crippen molar-refractivity contribution in [3.05, 3.63) is 16.3 Å². The molecule has 0 radical (unpaired) electrons. The van der Waals surface area contributed by atoms with Crippen molar-refractivity contribution in [2.24, 2.45) is 11.1 Å². The summed E-state index contributed by atoms with van der Waals surface area (Å²) in [7, 11) is -3.65. The first-order valence-electron chi connectivity index (χ1n) is 10.3. The molecule has 28 heavy (non-hydrogen) atoms. The third-order valence-corrected chi connectivity index (χ3v) is 7.90. The zero-order chi connectivity index (χ0) is 19.3. The van der Waals surface area contributed by atoms with Crippen LogP contribution in [0.5, 0.6) is 0 Å². The van der Waals surface area contributed by atoms with Gasteiger partial charge in [0.25, 0.3) is 10.2 Å². The minimum Gasteiger partial charge on any atom is -0.356 e. The summed E-state index contributed by atoms with van der Waals surface area (Å²) >= 11 is 1.87. The fourth-order valence-electron chi connectivity index (χ4n) is 4.57. The summed E-state index contributed by atoms with van der Waals surface area (Å²) in [5.74, 6) is 2.86. The Kier molecular flexibility index (Phi) is 4.81. The highest BCUT2D eigenvalue weighted by molar-refractivity contribution is 7.87. The summed E-state index contributed by atoms with van der Waals surface area (Å²) in [5, 5.41) is 6.39. The van der Waals surface area contributed by atoms with Crippen LogP contribution in [0.1, 0.15) is 60.7 Å². The lowest BCUT2D eigenvalue weighted by atomic mass is 9.95. The van der Waals surface area contributed by atoms with Crippen LogP contribution >= 0.6 is 11.3 Å². The maximum atomic E-state index is 11.3. The number of rotatable bonds is 5. The second-order valence-corrected chi connectivity index (χ2v) is 10.9. The van der Waals surface area contributed by atoms with Crippen molar-refractivity contribution in [1.29, 1.82) is 0 Å². The first-order chi connectivity index (χ1) is 13.5. The zero-order valence-electron chi connectivity index (χ0n) is 16.0. The molecule has 2 fully saturated rings. The monoisotopic (exact) mass is 421 g/mol. The van der Waals surface area contributed by atoms with Gasteiger partial charge in [-0.1, -0.05) is 0 Å². The van der Waals surface area contributed by atoms with E-state index in [0.29, 0.717) is 12.5 Å². The fourth-order valence-corrected chi connectivity index (χ4v) is 6.30. The van der Waals surface area contributed by atoms with Crippen LogP contribution in [0.15, 0.2) is 0 Å². The lowest BCUT2D eigenvalue weighted by Gasteiger charge is -2.34. The zero-order valence-corrected chi connectivity index (χ0v) is 17.6. The van der Waals surface area contributed by atoms with Gasteiger partial charge in [-0.2, -0.15) is 8.42 Å². The molecule has 0 spiro atoms. The quantitative estimate of drug-likeness (QED) is 0.772. The minimum atomic E-state index is -3.65. The highest BCUT2D eigenvalue weighted by Gasteiger charge is 2.32. The molecule has 1 unspecified atom stereocenters. The maximum absolute atomic E-state index is 11.3. The Bertz CT molecular complexity index is 999. The molecule has 3 N–H and O–H groups in total. The molecule has 3 aliphatic rings. The number of aryl methyl sites for hydroxylation is 2. The molecule has 1 saturated heterocycles. The van der Waals surface area contributed by atoms with E-state index in [1.54, 1.807) is 0 Å². The number of nitrogens with zero attached hydrogens (tertiary/aromatic N) is 3. The van der Waals surface area contributed by atoms with Crippen molar-refractivity contribution in [2.75, 3.05) is 24.5 Å². The Morgan fingerprint density at radius 1 is 1.14 bits per heavy atom. The van der Waals surface area contributed by atoms with Gasteiger partial charge in [-0.25, -0.2) is 19.8 Å². The van der Waals surface area contributed by atoms with E-state index in [1.165, 1.54) is 41.5 Å². The second kappa shape index (κ2) is 7.19. The number of piperidine rings is 1. The van der Waals surface area contributed by atoms with Gasteiger partial charge in [0.05, 0.1) is 5.39 Å². The van der Waals surface area contributed by atoms with Crippen LogP contribution in [-0.2, 0) is 23.1 Å². The molecule has 152 valence electrons. The van der Waals surface area contributed by atoms with Gasteiger partial charge in [-0.3, -0.25) is 0 Å². The van der Waals surface area contributed by atoms with Crippen LogP contribution < -0.4 is 14.8 Å². The number of thiophene rings is 1. The van der Waals surface area contributed by atoms with Gasteiger partial charge >= 0.3 is 0 Å². The molecule has 2 aromatic rings. The number of aromatic nitrogens is 2. The summed E-state index contributed by atoms with van der Waals surface area (Å²) in [4.78, 5) is 15.0. The number of nitrogens with two attached hydrogens (primary N) is 1. The van der Waals surface area contributed by atoms with Gasteiger partial charge in [0.15, 0.2) is 0 Å². The Balaban J connectivity index is 1.50. The van der Waals surface area contributed by atoms with Crippen molar-refractivity contribution in [1.82, 2.24) is 14.7 Å². The van der Waals surface area contributed by atoms with Crippen LogP contribution in [0.25, 0.3) is 10.2 Å². The van der Waals surface area contributed by atoms with Gasteiger partial charge in [-0.05, 0) is 62.8 Å². The van der Waals surface area contributed by atoms with Crippen LogP contribution in [0.4, 0.5) is 5.82 Å². The van der Waals surface area contributed by atoms with Gasteiger partial charge in [0, 0.05) is 30.4 Å². The number of hydrogen-bond acceptors (Lipinski definition) is 6. The molecule has 1 aliphatic heterocycles. The number of anilines is 1. The van der Waals surface area contributed by atoms with Crippen molar-refractivity contribution >= 4 is 37.6 Å². The number of fused-ring (bicyclic) bond motifs is 3. The van der Waals surface area contributed by atoms with Crippen molar-refractivity contribution < 1.29 is 8.42 Å². The summed E-state index contributed by atoms with van der Waals surface area (Å²) < 4.78 is 25.1. The molecule has 2 aromatic heterocycles. The predicted molar refractivity (Wildman–Crippen MR) is 112 cm³/mol. The summed E-state index contributed by atoms with van der Waals surface area (Å²) in [5.41, 5.74) is 1.47. The van der Waals surface area contributed by atoms with E-state index in [9.17, 15) is 8.42 Å². The number of hydrogen-bond donors (Lipinski definition) is 2. The van der Waals surface area contributed by atoms with Crippen LogP contribution in [0, 0.1) is 5.92 Å². The Morgan fingerprint density at radius 2 is 1.96 bits per heavy atom. The highest BCUT2D eigenvalue weighted by atomic mass is 32.2. The summed E-state index contributed by atoms with van der Waals surface area (Å²) in [6.45, 7) is 2.16. The molecule has 7 nitrogen and oxygen atoms in total. The molecule has 1 atom stereocenters. The van der Waals surface area contributed by atoms with Crippen molar-refractivity contribution in [3.8, 4) is 0 Å². The van der Waals surface area contributed by atoms with E-state index in [2.05, 4.69) is 9.62 Å². The molecule has 0 amide bonds. The molecular formula is C19H27N5O2S2. The van der Waals surface area contributed by atoms with Gasteiger partial charge in [-0.15, -0.1) is 11.3 Å². The molecule has 9 heteroatoms. The molecule has 0 bridgehead atoms. The second-order valence-electron chi connectivity index (χ2n) is 8.42. The predicted octanol–water partition coefficient (Wildman–Crippen LogP) is 2.46. The fraction of sp³-hybridized carbons (Fsp3) is 0.684.